The molecule has 6 heteroatoms. The van der Waals surface area contributed by atoms with Crippen molar-refractivity contribution in [2.45, 2.75) is 25.9 Å². The Morgan fingerprint density at radius 1 is 1.45 bits per heavy atom. The summed E-state index contributed by atoms with van der Waals surface area (Å²) in [5, 5.41) is 2.88. The van der Waals surface area contributed by atoms with E-state index in [1.807, 2.05) is 11.0 Å². The Morgan fingerprint density at radius 3 is 3.05 bits per heavy atom. The normalized spacial score (nSPS) is 27.9. The number of piperidine rings is 1. The summed E-state index contributed by atoms with van der Waals surface area (Å²) < 4.78 is 5.87. The summed E-state index contributed by atoms with van der Waals surface area (Å²) in [4.78, 5) is 29.7. The van der Waals surface area contributed by atoms with E-state index in [9.17, 15) is 9.59 Å². The van der Waals surface area contributed by atoms with Crippen molar-refractivity contribution < 1.29 is 14.3 Å². The molecule has 0 aromatic carbocycles. The van der Waals surface area contributed by atoms with Crippen LogP contribution in [0, 0.1) is 11.8 Å². The molecule has 2 amide bonds. The zero-order valence-corrected chi connectivity index (χ0v) is 12.7. The Hall–Kier alpha value is -1.95. The molecule has 2 aliphatic heterocycles. The summed E-state index contributed by atoms with van der Waals surface area (Å²) >= 11 is 0. The van der Waals surface area contributed by atoms with Crippen molar-refractivity contribution >= 4 is 17.5 Å². The van der Waals surface area contributed by atoms with E-state index in [4.69, 9.17) is 4.74 Å². The van der Waals surface area contributed by atoms with Crippen LogP contribution in [0.1, 0.15) is 19.8 Å². The van der Waals surface area contributed by atoms with Crippen LogP contribution < -0.4 is 5.32 Å². The predicted octanol–water partition coefficient (Wildman–Crippen LogP) is 1.29. The van der Waals surface area contributed by atoms with Gasteiger partial charge >= 0.3 is 0 Å². The molecular weight excluding hydrogens is 282 g/mol. The summed E-state index contributed by atoms with van der Waals surface area (Å²) in [6.07, 6.45) is 5.10. The van der Waals surface area contributed by atoms with E-state index in [0.29, 0.717) is 18.8 Å². The van der Waals surface area contributed by atoms with Crippen LogP contribution in [0.5, 0.6) is 0 Å². The van der Waals surface area contributed by atoms with E-state index in [2.05, 4.69) is 10.3 Å². The Morgan fingerprint density at radius 2 is 2.32 bits per heavy atom. The summed E-state index contributed by atoms with van der Waals surface area (Å²) in [7, 11) is 0. The number of rotatable bonds is 2. The van der Waals surface area contributed by atoms with Crippen LogP contribution in [0.15, 0.2) is 24.5 Å². The van der Waals surface area contributed by atoms with Gasteiger partial charge in [0.2, 0.25) is 11.8 Å². The molecular formula is C16H21N3O3. The van der Waals surface area contributed by atoms with Gasteiger partial charge in [-0.15, -0.1) is 0 Å². The van der Waals surface area contributed by atoms with Crippen LogP contribution in [0.4, 0.5) is 5.69 Å². The van der Waals surface area contributed by atoms with Gasteiger partial charge in [0.05, 0.1) is 30.5 Å². The van der Waals surface area contributed by atoms with Crippen molar-refractivity contribution in [3.63, 3.8) is 0 Å². The van der Waals surface area contributed by atoms with E-state index in [-0.39, 0.29) is 29.8 Å². The molecule has 0 aliphatic carbocycles. The number of nitrogens with zero attached hydrogens (tertiary/aromatic N) is 2. The number of ether oxygens (including phenoxy) is 1. The third-order valence-electron chi connectivity index (χ3n) is 4.51. The molecule has 1 aromatic rings. The molecule has 2 fully saturated rings. The van der Waals surface area contributed by atoms with Gasteiger partial charge in [-0.2, -0.15) is 0 Å². The van der Waals surface area contributed by atoms with Gasteiger partial charge in [-0.25, -0.2) is 0 Å². The zero-order valence-electron chi connectivity index (χ0n) is 12.7. The number of hydrogen-bond donors (Lipinski definition) is 1. The van der Waals surface area contributed by atoms with Gasteiger partial charge in [0.15, 0.2) is 0 Å². The van der Waals surface area contributed by atoms with Crippen LogP contribution in [0.25, 0.3) is 0 Å². The third kappa shape index (κ3) is 3.27. The Labute approximate surface area is 129 Å². The Balaban J connectivity index is 1.60. The number of aromatic nitrogens is 1. The first kappa shape index (κ1) is 15.0. The minimum atomic E-state index is -0.173. The summed E-state index contributed by atoms with van der Waals surface area (Å²) in [5.74, 6) is 0.135. The SMILES string of the molecule is CC(=O)N1CC[C@H]2OC[C@@H](C(=O)Nc3cccnc3)C[C@H]2C1. The number of fused-ring (bicyclic) bond motifs is 1. The average Bonchev–Trinajstić information content (AvgIpc) is 2.54. The van der Waals surface area contributed by atoms with E-state index >= 15 is 0 Å². The molecule has 3 atom stereocenters. The first-order valence-corrected chi connectivity index (χ1v) is 7.71. The molecule has 0 unspecified atom stereocenters. The maximum atomic E-state index is 12.4. The minimum absolute atomic E-state index is 0.0357. The van der Waals surface area contributed by atoms with Crippen LogP contribution in [-0.2, 0) is 14.3 Å². The molecule has 0 spiro atoms. The highest BCUT2D eigenvalue weighted by molar-refractivity contribution is 5.92. The second kappa shape index (κ2) is 6.44. The van der Waals surface area contributed by atoms with Crippen molar-refractivity contribution in [3.05, 3.63) is 24.5 Å². The fourth-order valence-electron chi connectivity index (χ4n) is 3.28. The molecule has 2 saturated heterocycles. The lowest BCUT2D eigenvalue weighted by Crippen LogP contribution is -2.50. The van der Waals surface area contributed by atoms with Crippen molar-refractivity contribution in [2.24, 2.45) is 11.8 Å². The number of anilines is 1. The van der Waals surface area contributed by atoms with Crippen LogP contribution in [-0.4, -0.2) is 47.5 Å². The molecule has 3 rings (SSSR count). The van der Waals surface area contributed by atoms with Gasteiger partial charge in [-0.3, -0.25) is 14.6 Å². The number of pyridine rings is 1. The molecule has 118 valence electrons. The molecule has 6 nitrogen and oxygen atoms in total. The van der Waals surface area contributed by atoms with Crippen LogP contribution in [0.3, 0.4) is 0 Å². The van der Waals surface area contributed by atoms with E-state index < -0.39 is 0 Å². The Bertz CT molecular complexity index is 549. The molecule has 0 saturated carbocycles. The van der Waals surface area contributed by atoms with Crippen molar-refractivity contribution in [3.8, 4) is 0 Å². The number of likely N-dealkylation sites (tertiary alicyclic amines) is 1. The number of nitrogens with one attached hydrogen (secondary N) is 1. The smallest absolute Gasteiger partial charge is 0.229 e. The minimum Gasteiger partial charge on any atom is -0.377 e. The molecule has 0 radical (unpaired) electrons. The predicted molar refractivity (Wildman–Crippen MR) is 81.1 cm³/mol. The van der Waals surface area contributed by atoms with Gasteiger partial charge in [-0.05, 0) is 25.0 Å². The number of carbonyl (C=O) groups is 2. The first-order chi connectivity index (χ1) is 10.6. The summed E-state index contributed by atoms with van der Waals surface area (Å²) in [5.41, 5.74) is 0.698. The maximum absolute atomic E-state index is 12.4. The quantitative estimate of drug-likeness (QED) is 0.894. The maximum Gasteiger partial charge on any atom is 0.229 e. The second-order valence-corrected chi connectivity index (χ2v) is 6.05. The summed E-state index contributed by atoms with van der Waals surface area (Å²) in [6.45, 7) is 3.49. The zero-order chi connectivity index (χ0) is 15.5. The van der Waals surface area contributed by atoms with Crippen molar-refractivity contribution in [1.82, 2.24) is 9.88 Å². The highest BCUT2D eigenvalue weighted by Crippen LogP contribution is 2.31. The molecule has 0 bridgehead atoms. The largest absolute Gasteiger partial charge is 0.377 e. The van der Waals surface area contributed by atoms with E-state index in [0.717, 1.165) is 19.4 Å². The molecule has 2 aliphatic rings. The first-order valence-electron chi connectivity index (χ1n) is 7.71. The second-order valence-electron chi connectivity index (χ2n) is 6.05. The van der Waals surface area contributed by atoms with Gasteiger partial charge in [-0.1, -0.05) is 0 Å². The number of carbonyl (C=O) groups excluding carboxylic acids is 2. The fraction of sp³-hybridized carbons (Fsp3) is 0.562. The highest BCUT2D eigenvalue weighted by Gasteiger charge is 2.38. The lowest BCUT2D eigenvalue weighted by atomic mass is 9.83. The van der Waals surface area contributed by atoms with Crippen LogP contribution >= 0.6 is 0 Å². The lowest BCUT2D eigenvalue weighted by Gasteiger charge is -2.42. The third-order valence-corrected chi connectivity index (χ3v) is 4.51. The average molecular weight is 303 g/mol. The van der Waals surface area contributed by atoms with Crippen molar-refractivity contribution in [2.75, 3.05) is 25.0 Å². The Kier molecular flexibility index (Phi) is 4.38. The number of hydrogen-bond acceptors (Lipinski definition) is 4. The van der Waals surface area contributed by atoms with Crippen molar-refractivity contribution in [1.29, 1.82) is 0 Å². The highest BCUT2D eigenvalue weighted by atomic mass is 16.5. The molecule has 1 aromatic heterocycles. The van der Waals surface area contributed by atoms with Gasteiger partial charge < -0.3 is 15.0 Å². The topological polar surface area (TPSA) is 71.5 Å². The fourth-order valence-corrected chi connectivity index (χ4v) is 3.28. The molecule has 3 heterocycles. The standard InChI is InChI=1S/C16H21N3O3/c1-11(20)19-6-4-15-12(9-19)7-13(10-22-15)16(21)18-14-3-2-5-17-8-14/h2-3,5,8,12-13,15H,4,6-7,9-10H2,1H3,(H,18,21)/t12-,13-,15+/m0/s1. The summed E-state index contributed by atoms with van der Waals surface area (Å²) in [6, 6.07) is 3.60. The van der Waals surface area contributed by atoms with Gasteiger partial charge in [0.25, 0.3) is 0 Å². The monoisotopic (exact) mass is 303 g/mol. The molecule has 22 heavy (non-hydrogen) atoms. The van der Waals surface area contributed by atoms with E-state index in [1.54, 1.807) is 25.4 Å². The molecule has 1 N–H and O–H groups in total. The van der Waals surface area contributed by atoms with Gasteiger partial charge in [0, 0.05) is 32.1 Å². The van der Waals surface area contributed by atoms with Gasteiger partial charge in [0.1, 0.15) is 0 Å². The number of amides is 2. The van der Waals surface area contributed by atoms with E-state index in [1.165, 1.54) is 0 Å². The lowest BCUT2D eigenvalue weighted by molar-refractivity contribution is -0.142. The van der Waals surface area contributed by atoms with Crippen LogP contribution in [0.2, 0.25) is 0 Å².